The molecule has 3 heteroatoms. The number of rotatable bonds is 3. The third kappa shape index (κ3) is 3.02. The van der Waals surface area contributed by atoms with Gasteiger partial charge in [-0.2, -0.15) is 0 Å². The minimum atomic E-state index is -0.170. The fourth-order valence-corrected chi connectivity index (χ4v) is 3.08. The van der Waals surface area contributed by atoms with E-state index in [1.165, 1.54) is 11.1 Å². The van der Waals surface area contributed by atoms with E-state index >= 15 is 0 Å². The zero-order chi connectivity index (χ0) is 14.9. The van der Waals surface area contributed by atoms with Gasteiger partial charge in [0.1, 0.15) is 5.75 Å². The quantitative estimate of drug-likeness (QED) is 0.642. The van der Waals surface area contributed by atoms with E-state index in [0.717, 1.165) is 26.9 Å². The molecular formula is C17H18BrClO. The van der Waals surface area contributed by atoms with Gasteiger partial charge in [-0.05, 0) is 60.7 Å². The van der Waals surface area contributed by atoms with Crippen LogP contribution in [0.4, 0.5) is 0 Å². The van der Waals surface area contributed by atoms with E-state index < -0.39 is 0 Å². The summed E-state index contributed by atoms with van der Waals surface area (Å²) in [5, 5.41) is -0.170. The summed E-state index contributed by atoms with van der Waals surface area (Å²) in [6.07, 6.45) is 0. The first kappa shape index (κ1) is 15.4. The summed E-state index contributed by atoms with van der Waals surface area (Å²) in [4.78, 5) is 0. The maximum Gasteiger partial charge on any atom is 0.122 e. The highest BCUT2D eigenvalue weighted by molar-refractivity contribution is 9.10. The number of alkyl halides is 1. The summed E-state index contributed by atoms with van der Waals surface area (Å²) < 4.78 is 6.49. The number of aryl methyl sites for hydroxylation is 3. The van der Waals surface area contributed by atoms with Gasteiger partial charge in [-0.15, -0.1) is 11.6 Å². The molecule has 0 saturated carbocycles. The molecule has 0 aromatic heterocycles. The van der Waals surface area contributed by atoms with E-state index in [0.29, 0.717) is 0 Å². The van der Waals surface area contributed by atoms with Gasteiger partial charge in [0.05, 0.1) is 12.5 Å². The summed E-state index contributed by atoms with van der Waals surface area (Å²) >= 11 is 10.2. The Kier molecular flexibility index (Phi) is 4.77. The van der Waals surface area contributed by atoms with Gasteiger partial charge in [-0.1, -0.05) is 34.1 Å². The first-order valence-corrected chi connectivity index (χ1v) is 7.72. The molecule has 0 radical (unpaired) electrons. The zero-order valence-electron chi connectivity index (χ0n) is 12.1. The summed E-state index contributed by atoms with van der Waals surface area (Å²) in [5.41, 5.74) is 5.68. The molecule has 0 saturated heterocycles. The van der Waals surface area contributed by atoms with E-state index in [1.807, 2.05) is 19.1 Å². The predicted molar refractivity (Wildman–Crippen MR) is 89.0 cm³/mol. The van der Waals surface area contributed by atoms with Gasteiger partial charge in [-0.25, -0.2) is 0 Å². The molecule has 0 aliphatic heterocycles. The molecule has 0 aliphatic rings. The van der Waals surface area contributed by atoms with Crippen LogP contribution in [-0.2, 0) is 0 Å². The van der Waals surface area contributed by atoms with Gasteiger partial charge in [0, 0.05) is 4.47 Å². The van der Waals surface area contributed by atoms with E-state index in [-0.39, 0.29) is 5.38 Å². The van der Waals surface area contributed by atoms with Crippen molar-refractivity contribution in [3.05, 3.63) is 62.6 Å². The molecule has 2 rings (SSSR count). The standard InChI is InChI=1S/C17H18BrClO/c1-10-5-6-13(9-16(10)20-4)17(19)14-7-12(3)15(18)8-11(14)2/h5-9,17H,1-4H3. The second kappa shape index (κ2) is 6.19. The van der Waals surface area contributed by atoms with Crippen molar-refractivity contribution < 1.29 is 4.74 Å². The monoisotopic (exact) mass is 352 g/mol. The average Bonchev–Trinajstić information content (AvgIpc) is 2.42. The Labute approximate surface area is 134 Å². The predicted octanol–water partition coefficient (Wildman–Crippen LogP) is 5.71. The van der Waals surface area contributed by atoms with Gasteiger partial charge >= 0.3 is 0 Å². The Hall–Kier alpha value is -0.990. The summed E-state index contributed by atoms with van der Waals surface area (Å²) in [6, 6.07) is 10.4. The fourth-order valence-electron chi connectivity index (χ4n) is 2.25. The minimum absolute atomic E-state index is 0.170. The van der Waals surface area contributed by atoms with Crippen LogP contribution in [0.2, 0.25) is 0 Å². The van der Waals surface area contributed by atoms with Crippen molar-refractivity contribution >= 4 is 27.5 Å². The van der Waals surface area contributed by atoms with Crippen molar-refractivity contribution in [2.45, 2.75) is 26.1 Å². The van der Waals surface area contributed by atoms with Crippen LogP contribution < -0.4 is 4.74 Å². The van der Waals surface area contributed by atoms with Crippen LogP contribution in [0.15, 0.2) is 34.8 Å². The highest BCUT2D eigenvalue weighted by Gasteiger charge is 2.16. The average molecular weight is 354 g/mol. The van der Waals surface area contributed by atoms with Gasteiger partial charge in [0.25, 0.3) is 0 Å². The maximum absolute atomic E-state index is 6.67. The normalized spacial score (nSPS) is 12.3. The lowest BCUT2D eigenvalue weighted by atomic mass is 9.97. The van der Waals surface area contributed by atoms with Crippen molar-refractivity contribution in [1.29, 1.82) is 0 Å². The van der Waals surface area contributed by atoms with Crippen LogP contribution in [0.3, 0.4) is 0 Å². The zero-order valence-corrected chi connectivity index (χ0v) is 14.5. The van der Waals surface area contributed by atoms with Crippen LogP contribution >= 0.6 is 27.5 Å². The molecular weight excluding hydrogens is 336 g/mol. The highest BCUT2D eigenvalue weighted by atomic mass is 79.9. The molecule has 1 nitrogen and oxygen atoms in total. The second-order valence-corrected chi connectivity index (χ2v) is 6.34. The molecule has 0 spiro atoms. The Morgan fingerprint density at radius 2 is 1.70 bits per heavy atom. The highest BCUT2D eigenvalue weighted by Crippen LogP contribution is 2.35. The van der Waals surface area contributed by atoms with E-state index in [9.17, 15) is 0 Å². The van der Waals surface area contributed by atoms with Crippen molar-refractivity contribution in [3.63, 3.8) is 0 Å². The van der Waals surface area contributed by atoms with Gasteiger partial charge < -0.3 is 4.74 Å². The summed E-state index contributed by atoms with van der Waals surface area (Å²) in [5.74, 6) is 0.875. The first-order valence-electron chi connectivity index (χ1n) is 6.49. The number of hydrogen-bond donors (Lipinski definition) is 0. The molecule has 0 heterocycles. The van der Waals surface area contributed by atoms with Crippen LogP contribution in [0.25, 0.3) is 0 Å². The third-order valence-electron chi connectivity index (χ3n) is 3.55. The minimum Gasteiger partial charge on any atom is -0.496 e. The lowest BCUT2D eigenvalue weighted by Gasteiger charge is -2.16. The number of benzene rings is 2. The molecule has 2 aromatic carbocycles. The third-order valence-corrected chi connectivity index (χ3v) is 4.89. The van der Waals surface area contributed by atoms with Crippen molar-refractivity contribution in [2.24, 2.45) is 0 Å². The molecule has 2 aromatic rings. The fraction of sp³-hybridized carbons (Fsp3) is 0.294. The van der Waals surface area contributed by atoms with Crippen LogP contribution in [0.1, 0.15) is 33.2 Å². The first-order chi connectivity index (χ1) is 9.43. The smallest absolute Gasteiger partial charge is 0.122 e. The van der Waals surface area contributed by atoms with Crippen LogP contribution in [-0.4, -0.2) is 7.11 Å². The number of halogens is 2. The molecule has 0 aliphatic carbocycles. The molecule has 0 fully saturated rings. The van der Waals surface area contributed by atoms with Crippen LogP contribution in [0, 0.1) is 20.8 Å². The molecule has 20 heavy (non-hydrogen) atoms. The maximum atomic E-state index is 6.67. The number of ether oxygens (including phenoxy) is 1. The molecule has 1 atom stereocenters. The van der Waals surface area contributed by atoms with E-state index in [1.54, 1.807) is 7.11 Å². The van der Waals surface area contributed by atoms with Crippen molar-refractivity contribution in [1.82, 2.24) is 0 Å². The molecule has 0 bridgehead atoms. The Morgan fingerprint density at radius 3 is 2.35 bits per heavy atom. The van der Waals surface area contributed by atoms with Crippen molar-refractivity contribution in [3.8, 4) is 5.75 Å². The largest absolute Gasteiger partial charge is 0.496 e. The van der Waals surface area contributed by atoms with E-state index in [4.69, 9.17) is 16.3 Å². The summed E-state index contributed by atoms with van der Waals surface area (Å²) in [7, 11) is 1.68. The molecule has 0 amide bonds. The lowest BCUT2D eigenvalue weighted by Crippen LogP contribution is -1.99. The van der Waals surface area contributed by atoms with E-state index in [2.05, 4.69) is 48.0 Å². The SMILES string of the molecule is COc1cc(C(Cl)c2cc(C)c(Br)cc2C)ccc1C. The Balaban J connectivity index is 2.46. The van der Waals surface area contributed by atoms with Gasteiger partial charge in [-0.3, -0.25) is 0 Å². The number of methoxy groups -OCH3 is 1. The topological polar surface area (TPSA) is 9.23 Å². The molecule has 1 unspecified atom stereocenters. The molecule has 0 N–H and O–H groups in total. The Bertz CT molecular complexity index is 637. The van der Waals surface area contributed by atoms with Crippen molar-refractivity contribution in [2.75, 3.05) is 7.11 Å². The number of hydrogen-bond acceptors (Lipinski definition) is 1. The van der Waals surface area contributed by atoms with Crippen LogP contribution in [0.5, 0.6) is 5.75 Å². The molecule has 106 valence electrons. The lowest BCUT2D eigenvalue weighted by molar-refractivity contribution is 0.411. The van der Waals surface area contributed by atoms with Gasteiger partial charge in [0.2, 0.25) is 0 Å². The second-order valence-electron chi connectivity index (χ2n) is 5.05. The summed E-state index contributed by atoms with van der Waals surface area (Å²) in [6.45, 7) is 6.19. The Morgan fingerprint density at radius 1 is 1.00 bits per heavy atom. The van der Waals surface area contributed by atoms with Gasteiger partial charge in [0.15, 0.2) is 0 Å².